The molecule has 0 bridgehead atoms. The standard InChI is InChI=1S/C26H23F3/c1-2-17-7-12-22(25(28)16-17)20-9-5-18(6-10-20)3-4-19-8-13-23-21(15-19)11-14-24(27)26(23)29/h7-8,11-16,18,20H,2,5-6,9-10H2,1H3. The molecule has 0 aliphatic heterocycles. The van der Waals surface area contributed by atoms with E-state index < -0.39 is 11.6 Å². The first kappa shape index (κ1) is 19.6. The molecule has 3 aromatic rings. The summed E-state index contributed by atoms with van der Waals surface area (Å²) in [4.78, 5) is 0. The molecule has 148 valence electrons. The van der Waals surface area contributed by atoms with Gasteiger partial charge in [0.2, 0.25) is 0 Å². The van der Waals surface area contributed by atoms with Gasteiger partial charge in [0, 0.05) is 16.9 Å². The zero-order valence-corrected chi connectivity index (χ0v) is 16.4. The van der Waals surface area contributed by atoms with E-state index in [2.05, 4.69) is 11.8 Å². The Balaban J connectivity index is 1.43. The molecule has 4 rings (SSSR count). The van der Waals surface area contributed by atoms with Crippen molar-refractivity contribution < 1.29 is 13.2 Å². The molecule has 3 heteroatoms. The highest BCUT2D eigenvalue weighted by atomic mass is 19.2. The normalized spacial score (nSPS) is 19.0. The topological polar surface area (TPSA) is 0 Å². The second-order valence-corrected chi connectivity index (χ2v) is 7.82. The molecule has 1 saturated carbocycles. The second-order valence-electron chi connectivity index (χ2n) is 7.82. The van der Waals surface area contributed by atoms with Gasteiger partial charge in [-0.3, -0.25) is 0 Å². The number of rotatable bonds is 2. The fraction of sp³-hybridized carbons (Fsp3) is 0.308. The molecule has 0 atom stereocenters. The number of fused-ring (bicyclic) bond motifs is 1. The SMILES string of the molecule is CCc1ccc(C2CCC(C#Cc3ccc4c(F)c(F)ccc4c3)CC2)c(F)c1. The maximum Gasteiger partial charge on any atom is 0.166 e. The smallest absolute Gasteiger partial charge is 0.166 e. The lowest BCUT2D eigenvalue weighted by Gasteiger charge is -2.26. The number of halogens is 3. The Morgan fingerprint density at radius 3 is 2.38 bits per heavy atom. The molecule has 1 fully saturated rings. The maximum absolute atomic E-state index is 14.4. The zero-order valence-electron chi connectivity index (χ0n) is 16.4. The van der Waals surface area contributed by atoms with E-state index in [0.717, 1.165) is 54.9 Å². The van der Waals surface area contributed by atoms with Gasteiger partial charge in [-0.1, -0.05) is 43.0 Å². The van der Waals surface area contributed by atoms with Crippen LogP contribution in [0.2, 0.25) is 0 Å². The van der Waals surface area contributed by atoms with Gasteiger partial charge in [-0.15, -0.1) is 0 Å². The summed E-state index contributed by atoms with van der Waals surface area (Å²) in [5, 5.41) is 0.914. The van der Waals surface area contributed by atoms with Crippen molar-refractivity contribution in [2.75, 3.05) is 0 Å². The van der Waals surface area contributed by atoms with Gasteiger partial charge >= 0.3 is 0 Å². The zero-order chi connectivity index (χ0) is 20.4. The Labute approximate surface area is 169 Å². The van der Waals surface area contributed by atoms with Gasteiger partial charge in [0.05, 0.1) is 0 Å². The molecular weight excluding hydrogens is 369 g/mol. The minimum atomic E-state index is -0.839. The van der Waals surface area contributed by atoms with Crippen LogP contribution >= 0.6 is 0 Å². The molecule has 0 N–H and O–H groups in total. The van der Waals surface area contributed by atoms with Gasteiger partial charge in [-0.2, -0.15) is 0 Å². The number of benzene rings is 3. The minimum absolute atomic E-state index is 0.0845. The first-order chi connectivity index (χ1) is 14.0. The molecular formula is C26H23F3. The van der Waals surface area contributed by atoms with E-state index >= 15 is 0 Å². The lowest BCUT2D eigenvalue weighted by molar-refractivity contribution is 0.376. The molecule has 0 amide bonds. The predicted molar refractivity (Wildman–Crippen MR) is 111 cm³/mol. The Morgan fingerprint density at radius 1 is 0.862 bits per heavy atom. The maximum atomic E-state index is 14.4. The Morgan fingerprint density at radius 2 is 1.66 bits per heavy atom. The Bertz CT molecular complexity index is 1100. The number of hydrogen-bond donors (Lipinski definition) is 0. The second kappa shape index (κ2) is 8.33. The van der Waals surface area contributed by atoms with Crippen LogP contribution in [-0.4, -0.2) is 0 Å². The summed E-state index contributed by atoms with van der Waals surface area (Å²) in [6.07, 6.45) is 4.60. The molecule has 0 saturated heterocycles. The molecule has 3 aromatic carbocycles. The van der Waals surface area contributed by atoms with Crippen molar-refractivity contribution in [1.29, 1.82) is 0 Å². The summed E-state index contributed by atoms with van der Waals surface area (Å²) in [6, 6.07) is 13.5. The van der Waals surface area contributed by atoms with E-state index in [1.54, 1.807) is 30.3 Å². The van der Waals surface area contributed by atoms with Gasteiger partial charge in [0.15, 0.2) is 11.6 Å². The average Bonchev–Trinajstić information content (AvgIpc) is 2.75. The monoisotopic (exact) mass is 392 g/mol. The molecule has 0 heterocycles. The molecule has 0 radical (unpaired) electrons. The summed E-state index contributed by atoms with van der Waals surface area (Å²) in [5.41, 5.74) is 2.66. The molecule has 29 heavy (non-hydrogen) atoms. The van der Waals surface area contributed by atoms with Crippen molar-refractivity contribution >= 4 is 10.8 Å². The van der Waals surface area contributed by atoms with Gasteiger partial charge in [-0.05, 0) is 78.8 Å². The highest BCUT2D eigenvalue weighted by Crippen LogP contribution is 2.37. The summed E-state index contributed by atoms with van der Waals surface area (Å²) in [5.74, 6) is 5.30. The fourth-order valence-electron chi connectivity index (χ4n) is 4.20. The Hall–Kier alpha value is -2.73. The molecule has 0 aromatic heterocycles. The molecule has 0 spiro atoms. The first-order valence-corrected chi connectivity index (χ1v) is 10.2. The van der Waals surface area contributed by atoms with Crippen LogP contribution in [0, 0.1) is 35.2 Å². The quantitative estimate of drug-likeness (QED) is 0.406. The third kappa shape index (κ3) is 4.17. The van der Waals surface area contributed by atoms with Crippen molar-refractivity contribution in [3.8, 4) is 11.8 Å². The van der Waals surface area contributed by atoms with E-state index in [1.165, 1.54) is 0 Å². The number of hydrogen-bond acceptors (Lipinski definition) is 0. The van der Waals surface area contributed by atoms with E-state index in [4.69, 9.17) is 0 Å². The van der Waals surface area contributed by atoms with Crippen molar-refractivity contribution in [3.05, 3.63) is 82.7 Å². The van der Waals surface area contributed by atoms with Crippen LogP contribution in [0.1, 0.15) is 55.2 Å². The summed E-state index contributed by atoms with van der Waals surface area (Å²) in [7, 11) is 0. The minimum Gasteiger partial charge on any atom is -0.207 e. The summed E-state index contributed by atoms with van der Waals surface area (Å²) >= 11 is 0. The molecule has 1 aliphatic carbocycles. The highest BCUT2D eigenvalue weighted by Gasteiger charge is 2.23. The van der Waals surface area contributed by atoms with Crippen LogP contribution in [0.5, 0.6) is 0 Å². The van der Waals surface area contributed by atoms with Gasteiger partial charge in [0.25, 0.3) is 0 Å². The first-order valence-electron chi connectivity index (χ1n) is 10.2. The van der Waals surface area contributed by atoms with Gasteiger partial charge < -0.3 is 0 Å². The molecule has 1 aliphatic rings. The van der Waals surface area contributed by atoms with E-state index in [0.29, 0.717) is 5.39 Å². The van der Waals surface area contributed by atoms with Crippen LogP contribution in [0.15, 0.2) is 48.5 Å². The average molecular weight is 392 g/mol. The van der Waals surface area contributed by atoms with Gasteiger partial charge in [-0.25, -0.2) is 13.2 Å². The lowest BCUT2D eigenvalue weighted by Crippen LogP contribution is -2.13. The van der Waals surface area contributed by atoms with E-state index in [9.17, 15) is 13.2 Å². The number of aryl methyl sites for hydroxylation is 1. The third-order valence-electron chi connectivity index (χ3n) is 5.97. The van der Waals surface area contributed by atoms with Crippen LogP contribution in [-0.2, 0) is 6.42 Å². The Kier molecular flexibility index (Phi) is 5.62. The summed E-state index contributed by atoms with van der Waals surface area (Å²) in [6.45, 7) is 2.03. The predicted octanol–water partition coefficient (Wildman–Crippen LogP) is 7.15. The van der Waals surface area contributed by atoms with Crippen LogP contribution in [0.4, 0.5) is 13.2 Å². The fourth-order valence-corrected chi connectivity index (χ4v) is 4.20. The van der Waals surface area contributed by atoms with Crippen molar-refractivity contribution in [3.63, 3.8) is 0 Å². The van der Waals surface area contributed by atoms with Crippen LogP contribution in [0.25, 0.3) is 10.8 Å². The van der Waals surface area contributed by atoms with Crippen molar-refractivity contribution in [2.24, 2.45) is 5.92 Å². The van der Waals surface area contributed by atoms with E-state index in [1.807, 2.05) is 19.1 Å². The van der Waals surface area contributed by atoms with Crippen molar-refractivity contribution in [2.45, 2.75) is 44.9 Å². The van der Waals surface area contributed by atoms with E-state index in [-0.39, 0.29) is 23.0 Å². The van der Waals surface area contributed by atoms with Crippen molar-refractivity contribution in [1.82, 2.24) is 0 Å². The van der Waals surface area contributed by atoms with Gasteiger partial charge in [0.1, 0.15) is 5.82 Å². The third-order valence-corrected chi connectivity index (χ3v) is 5.97. The highest BCUT2D eigenvalue weighted by molar-refractivity contribution is 5.84. The lowest BCUT2D eigenvalue weighted by atomic mass is 9.78. The van der Waals surface area contributed by atoms with Crippen LogP contribution in [0.3, 0.4) is 0 Å². The van der Waals surface area contributed by atoms with Crippen LogP contribution < -0.4 is 0 Å². The molecule has 0 unspecified atom stereocenters. The molecule has 0 nitrogen and oxygen atoms in total. The summed E-state index contributed by atoms with van der Waals surface area (Å²) < 4.78 is 41.5. The largest absolute Gasteiger partial charge is 0.207 e.